The van der Waals surface area contributed by atoms with Gasteiger partial charge in [0, 0.05) is 6.20 Å². The molecular formula is C15H13Cl2N3O2. The third-order valence-electron chi connectivity index (χ3n) is 2.80. The summed E-state index contributed by atoms with van der Waals surface area (Å²) < 4.78 is 0. The lowest BCUT2D eigenvalue weighted by molar-refractivity contribution is -0.113. The van der Waals surface area contributed by atoms with Crippen LogP contribution in [0.5, 0.6) is 0 Å². The Morgan fingerprint density at radius 1 is 1.14 bits per heavy atom. The minimum Gasteiger partial charge on any atom is -0.346 e. The van der Waals surface area contributed by atoms with E-state index in [1.165, 1.54) is 0 Å². The summed E-state index contributed by atoms with van der Waals surface area (Å²) in [6.07, 6.45) is 1.65. The maximum Gasteiger partial charge on any atom is 0.253 e. The fourth-order valence-corrected chi connectivity index (χ4v) is 2.07. The highest BCUT2D eigenvalue weighted by Gasteiger charge is 2.16. The van der Waals surface area contributed by atoms with Crippen molar-refractivity contribution in [3.8, 4) is 0 Å². The summed E-state index contributed by atoms with van der Waals surface area (Å²) >= 11 is 11.5. The summed E-state index contributed by atoms with van der Waals surface area (Å²) in [5.41, 5.74) is 1.24. The van der Waals surface area contributed by atoms with E-state index in [2.05, 4.69) is 15.6 Å². The van der Waals surface area contributed by atoms with E-state index >= 15 is 0 Å². The van der Waals surface area contributed by atoms with Crippen molar-refractivity contribution < 1.29 is 9.59 Å². The van der Waals surface area contributed by atoms with Gasteiger partial charge >= 0.3 is 0 Å². The Morgan fingerprint density at radius 3 is 2.64 bits per heavy atom. The summed E-state index contributed by atoms with van der Waals surface area (Å²) in [5, 5.41) is 5.53. The van der Waals surface area contributed by atoms with Crippen LogP contribution >= 0.6 is 23.2 Å². The van der Waals surface area contributed by atoms with Crippen molar-refractivity contribution in [3.05, 3.63) is 58.9 Å². The van der Waals surface area contributed by atoms with Crippen LogP contribution in [0.25, 0.3) is 0 Å². The van der Waals surface area contributed by atoms with Gasteiger partial charge in [-0.05, 0) is 24.3 Å². The van der Waals surface area contributed by atoms with E-state index in [4.69, 9.17) is 23.2 Å². The average molecular weight is 338 g/mol. The van der Waals surface area contributed by atoms with Gasteiger partial charge in [0.2, 0.25) is 5.91 Å². The Kier molecular flexibility index (Phi) is 5.75. The number of benzene rings is 1. The number of rotatable bonds is 5. The summed E-state index contributed by atoms with van der Waals surface area (Å²) in [6, 6.07) is 10.2. The average Bonchev–Trinajstić information content (AvgIpc) is 2.55. The van der Waals surface area contributed by atoms with Crippen LogP contribution in [0.3, 0.4) is 0 Å². The zero-order chi connectivity index (χ0) is 15.9. The first-order valence-electron chi connectivity index (χ1n) is 6.44. The molecule has 0 saturated carbocycles. The summed E-state index contributed by atoms with van der Waals surface area (Å²) in [7, 11) is 0. The van der Waals surface area contributed by atoms with Crippen LogP contribution in [-0.2, 0) is 11.3 Å². The van der Waals surface area contributed by atoms with Crippen LogP contribution in [0, 0.1) is 0 Å². The van der Waals surface area contributed by atoms with Gasteiger partial charge in [-0.25, -0.2) is 0 Å². The minimum absolute atomic E-state index is 0.222. The van der Waals surface area contributed by atoms with Gasteiger partial charge in [-0.2, -0.15) is 0 Å². The molecule has 0 atom stereocenters. The zero-order valence-electron chi connectivity index (χ0n) is 11.5. The predicted molar refractivity (Wildman–Crippen MR) is 86.2 cm³/mol. The normalized spacial score (nSPS) is 10.1. The molecule has 1 aromatic carbocycles. The molecule has 2 aromatic rings. The quantitative estimate of drug-likeness (QED) is 0.824. The van der Waals surface area contributed by atoms with Crippen LogP contribution in [0.2, 0.25) is 5.02 Å². The highest BCUT2D eigenvalue weighted by Crippen LogP contribution is 2.26. The predicted octanol–water partition coefficient (Wildman–Crippen LogP) is 2.84. The lowest BCUT2D eigenvalue weighted by Gasteiger charge is -2.12. The van der Waals surface area contributed by atoms with Crippen LogP contribution in [0.15, 0.2) is 42.6 Å². The van der Waals surface area contributed by atoms with Gasteiger partial charge in [0.15, 0.2) is 0 Å². The van der Waals surface area contributed by atoms with Gasteiger partial charge in [-0.3, -0.25) is 14.6 Å². The molecule has 0 aliphatic carbocycles. The maximum absolute atomic E-state index is 12.3. The van der Waals surface area contributed by atoms with Crippen molar-refractivity contribution >= 4 is 40.7 Å². The lowest BCUT2D eigenvalue weighted by Crippen LogP contribution is -2.25. The second kappa shape index (κ2) is 7.77. The monoisotopic (exact) mass is 337 g/mol. The summed E-state index contributed by atoms with van der Waals surface area (Å²) in [6.45, 7) is 0.273. The molecule has 1 heterocycles. The SMILES string of the molecule is O=C(CCl)Nc1c(Cl)cccc1C(=O)NCc1ccccn1. The Balaban J connectivity index is 2.15. The fourth-order valence-electron chi connectivity index (χ4n) is 1.78. The standard InChI is InChI=1S/C15H13Cl2N3O2/c16-8-13(21)20-14-11(5-3-6-12(14)17)15(22)19-9-10-4-1-2-7-18-10/h1-7H,8-9H2,(H,19,22)(H,20,21). The first-order chi connectivity index (χ1) is 10.6. The first-order valence-corrected chi connectivity index (χ1v) is 7.35. The number of carbonyl (C=O) groups excluding carboxylic acids is 2. The van der Waals surface area contributed by atoms with E-state index in [1.807, 2.05) is 6.07 Å². The molecule has 7 heteroatoms. The Bertz CT molecular complexity index is 678. The minimum atomic E-state index is -0.437. The van der Waals surface area contributed by atoms with Crippen LogP contribution in [0.4, 0.5) is 5.69 Å². The number of aromatic nitrogens is 1. The number of nitrogens with one attached hydrogen (secondary N) is 2. The number of carbonyl (C=O) groups is 2. The Morgan fingerprint density at radius 2 is 1.95 bits per heavy atom. The van der Waals surface area contributed by atoms with Crippen molar-refractivity contribution in [1.29, 1.82) is 0 Å². The number of hydrogen-bond acceptors (Lipinski definition) is 3. The highest BCUT2D eigenvalue weighted by molar-refractivity contribution is 6.35. The van der Waals surface area contributed by atoms with Crippen molar-refractivity contribution in [3.63, 3.8) is 0 Å². The molecule has 2 rings (SSSR count). The molecule has 0 fully saturated rings. The molecule has 0 aliphatic rings. The number of alkyl halides is 1. The van der Waals surface area contributed by atoms with Crippen molar-refractivity contribution in [1.82, 2.24) is 10.3 Å². The van der Waals surface area contributed by atoms with Gasteiger partial charge in [-0.1, -0.05) is 23.7 Å². The van der Waals surface area contributed by atoms with Gasteiger partial charge in [0.1, 0.15) is 5.88 Å². The zero-order valence-corrected chi connectivity index (χ0v) is 13.0. The highest BCUT2D eigenvalue weighted by atomic mass is 35.5. The van der Waals surface area contributed by atoms with Crippen LogP contribution < -0.4 is 10.6 Å². The lowest BCUT2D eigenvalue weighted by atomic mass is 10.1. The third kappa shape index (κ3) is 4.19. The van der Waals surface area contributed by atoms with Gasteiger partial charge in [0.05, 0.1) is 28.5 Å². The molecule has 0 saturated heterocycles. The number of amides is 2. The van der Waals surface area contributed by atoms with Crippen LogP contribution in [0.1, 0.15) is 16.1 Å². The molecule has 114 valence electrons. The molecule has 2 N–H and O–H groups in total. The molecule has 2 amide bonds. The number of anilines is 1. The topological polar surface area (TPSA) is 71.1 Å². The smallest absolute Gasteiger partial charge is 0.253 e. The molecule has 0 radical (unpaired) electrons. The van der Waals surface area contributed by atoms with Crippen molar-refractivity contribution in [2.24, 2.45) is 0 Å². The van der Waals surface area contributed by atoms with Crippen molar-refractivity contribution in [2.75, 3.05) is 11.2 Å². The number of para-hydroxylation sites is 1. The second-order valence-corrected chi connectivity index (χ2v) is 5.02. The van der Waals surface area contributed by atoms with E-state index in [0.717, 1.165) is 5.69 Å². The van der Waals surface area contributed by atoms with Crippen molar-refractivity contribution in [2.45, 2.75) is 6.54 Å². The number of pyridine rings is 1. The Hall–Kier alpha value is -2.11. The van der Waals surface area contributed by atoms with E-state index in [9.17, 15) is 9.59 Å². The summed E-state index contributed by atoms with van der Waals surface area (Å²) in [4.78, 5) is 27.8. The molecular weight excluding hydrogens is 325 g/mol. The van der Waals surface area contributed by atoms with E-state index < -0.39 is 5.91 Å². The van der Waals surface area contributed by atoms with E-state index in [-0.39, 0.29) is 34.6 Å². The first kappa shape index (κ1) is 16.3. The molecule has 1 aromatic heterocycles. The maximum atomic E-state index is 12.3. The third-order valence-corrected chi connectivity index (χ3v) is 3.36. The molecule has 0 unspecified atom stereocenters. The molecule has 5 nitrogen and oxygen atoms in total. The van der Waals surface area contributed by atoms with E-state index in [0.29, 0.717) is 0 Å². The van der Waals surface area contributed by atoms with Gasteiger partial charge in [-0.15, -0.1) is 11.6 Å². The largest absolute Gasteiger partial charge is 0.346 e. The fraction of sp³-hybridized carbons (Fsp3) is 0.133. The summed E-state index contributed by atoms with van der Waals surface area (Å²) in [5.74, 6) is -1.02. The Labute approximate surface area is 137 Å². The number of nitrogens with zero attached hydrogens (tertiary/aromatic N) is 1. The number of halogens is 2. The number of hydrogen-bond donors (Lipinski definition) is 2. The van der Waals surface area contributed by atoms with Gasteiger partial charge < -0.3 is 10.6 Å². The molecule has 0 spiro atoms. The van der Waals surface area contributed by atoms with Crippen LogP contribution in [-0.4, -0.2) is 22.7 Å². The van der Waals surface area contributed by atoms with Gasteiger partial charge in [0.25, 0.3) is 5.91 Å². The molecule has 22 heavy (non-hydrogen) atoms. The van der Waals surface area contributed by atoms with E-state index in [1.54, 1.807) is 36.5 Å². The molecule has 0 bridgehead atoms. The molecule has 0 aliphatic heterocycles. The second-order valence-electron chi connectivity index (χ2n) is 4.35.